The van der Waals surface area contributed by atoms with Crippen LogP contribution in [0.3, 0.4) is 0 Å². The maximum atomic E-state index is 13.9. The van der Waals surface area contributed by atoms with Gasteiger partial charge in [-0.1, -0.05) is 25.1 Å². The quantitative estimate of drug-likeness (QED) is 0.170. The number of nitrogens with one attached hydrogen (secondary N) is 1. The Morgan fingerprint density at radius 3 is 2.48 bits per heavy atom. The van der Waals surface area contributed by atoms with Crippen molar-refractivity contribution in [1.29, 1.82) is 0 Å². The molecule has 40 heavy (non-hydrogen) atoms. The van der Waals surface area contributed by atoms with Crippen molar-refractivity contribution in [2.75, 3.05) is 32.3 Å². The molecule has 1 aliphatic heterocycles. The van der Waals surface area contributed by atoms with Crippen LogP contribution in [0.4, 0.5) is 5.69 Å². The van der Waals surface area contributed by atoms with Gasteiger partial charge in [-0.15, -0.1) is 0 Å². The predicted octanol–water partition coefficient (Wildman–Crippen LogP) is 5.58. The molecule has 0 fully saturated rings. The van der Waals surface area contributed by atoms with Gasteiger partial charge in [0.05, 0.1) is 24.7 Å². The highest BCUT2D eigenvalue weighted by Gasteiger charge is 2.42. The zero-order valence-electron chi connectivity index (χ0n) is 23.4. The fourth-order valence-electron chi connectivity index (χ4n) is 5.40. The van der Waals surface area contributed by atoms with E-state index in [1.54, 1.807) is 52.0 Å². The molecule has 1 N–H and O–H groups in total. The molecule has 2 atom stereocenters. The normalized spacial score (nSPS) is 18.7. The Hall–Kier alpha value is -3.79. The molecule has 4 rings (SSSR count). The summed E-state index contributed by atoms with van der Waals surface area (Å²) in [6, 6.07) is 10.5. The monoisotopic (exact) mass is 566 g/mol. The van der Waals surface area contributed by atoms with E-state index in [0.29, 0.717) is 57.3 Å². The number of nitro benzene ring substituents is 1. The first-order valence-electron chi connectivity index (χ1n) is 13.2. The van der Waals surface area contributed by atoms with E-state index in [1.165, 1.54) is 6.07 Å². The molecule has 0 saturated carbocycles. The van der Waals surface area contributed by atoms with Gasteiger partial charge in [0.15, 0.2) is 17.3 Å². The molecule has 10 heteroatoms. The Morgan fingerprint density at radius 2 is 1.80 bits per heavy atom. The van der Waals surface area contributed by atoms with E-state index in [0.717, 1.165) is 11.3 Å². The topological polar surface area (TPSA) is 117 Å². The van der Waals surface area contributed by atoms with Crippen LogP contribution in [-0.2, 0) is 14.3 Å². The van der Waals surface area contributed by atoms with Crippen LogP contribution in [0.1, 0.15) is 55.2 Å². The number of nitro groups is 1. The van der Waals surface area contributed by atoms with Gasteiger partial charge in [0, 0.05) is 46.7 Å². The second-order valence-corrected chi connectivity index (χ2v) is 11.2. The molecule has 2 aliphatic rings. The van der Waals surface area contributed by atoms with Gasteiger partial charge in [-0.25, -0.2) is 4.79 Å². The molecule has 0 radical (unpaired) electrons. The van der Waals surface area contributed by atoms with Gasteiger partial charge in [0.25, 0.3) is 5.69 Å². The van der Waals surface area contributed by atoms with Crippen LogP contribution in [0.15, 0.2) is 58.9 Å². The zero-order valence-corrected chi connectivity index (χ0v) is 24.2. The van der Waals surface area contributed by atoms with Crippen molar-refractivity contribution in [2.45, 2.75) is 45.4 Å². The number of hydrogen-bond donors (Lipinski definition) is 1. The third-order valence-corrected chi connectivity index (χ3v) is 8.22. The third-order valence-electron chi connectivity index (χ3n) is 7.35. The molecule has 1 aliphatic carbocycles. The highest BCUT2D eigenvalue weighted by Crippen LogP contribution is 2.47. The van der Waals surface area contributed by atoms with Crippen molar-refractivity contribution in [1.82, 2.24) is 5.32 Å². The third kappa shape index (κ3) is 5.86. The minimum Gasteiger partial charge on any atom is -0.493 e. The van der Waals surface area contributed by atoms with Crippen LogP contribution >= 0.6 is 11.8 Å². The summed E-state index contributed by atoms with van der Waals surface area (Å²) in [6.07, 6.45) is 0.739. The molecule has 2 unspecified atom stereocenters. The summed E-state index contributed by atoms with van der Waals surface area (Å²) in [7, 11) is 3.14. The van der Waals surface area contributed by atoms with Gasteiger partial charge in [0.2, 0.25) is 0 Å². The van der Waals surface area contributed by atoms with Crippen molar-refractivity contribution in [3.05, 3.63) is 85.7 Å². The molecule has 0 saturated heterocycles. The van der Waals surface area contributed by atoms with E-state index in [9.17, 15) is 19.7 Å². The van der Waals surface area contributed by atoms with Crippen molar-refractivity contribution in [2.24, 2.45) is 0 Å². The lowest BCUT2D eigenvalue weighted by molar-refractivity contribution is -0.385. The van der Waals surface area contributed by atoms with E-state index in [2.05, 4.69) is 5.32 Å². The lowest BCUT2D eigenvalue weighted by Crippen LogP contribution is -2.36. The molecule has 0 spiro atoms. The van der Waals surface area contributed by atoms with Crippen molar-refractivity contribution in [3.63, 3.8) is 0 Å². The number of rotatable bonds is 10. The number of allylic oxidation sites excluding steroid dienone is 3. The van der Waals surface area contributed by atoms with Gasteiger partial charge < -0.3 is 19.5 Å². The van der Waals surface area contributed by atoms with Crippen LogP contribution in [0, 0.1) is 17.0 Å². The van der Waals surface area contributed by atoms with E-state index < -0.39 is 16.8 Å². The summed E-state index contributed by atoms with van der Waals surface area (Å²) in [5.74, 6) is 1.18. The number of thioether (sulfide) groups is 1. The van der Waals surface area contributed by atoms with Gasteiger partial charge in [-0.3, -0.25) is 14.9 Å². The first kappa shape index (κ1) is 29.2. The second kappa shape index (κ2) is 12.6. The summed E-state index contributed by atoms with van der Waals surface area (Å²) < 4.78 is 16.4. The van der Waals surface area contributed by atoms with Gasteiger partial charge in [-0.05, 0) is 55.2 Å². The summed E-state index contributed by atoms with van der Waals surface area (Å²) >= 11 is 1.66. The number of benzene rings is 2. The Balaban J connectivity index is 1.77. The maximum absolute atomic E-state index is 13.9. The number of carbonyl (C=O) groups is 2. The number of ether oxygens (including phenoxy) is 3. The van der Waals surface area contributed by atoms with Crippen LogP contribution in [-0.4, -0.2) is 49.0 Å². The minimum atomic E-state index is -0.777. The molecule has 0 bridgehead atoms. The first-order chi connectivity index (χ1) is 19.2. The molecule has 9 nitrogen and oxygen atoms in total. The van der Waals surface area contributed by atoms with E-state index >= 15 is 0 Å². The molecule has 0 aromatic heterocycles. The molecule has 1 heterocycles. The van der Waals surface area contributed by atoms with Crippen molar-refractivity contribution >= 4 is 29.2 Å². The molecule has 2 aromatic rings. The first-order valence-corrected chi connectivity index (χ1v) is 14.3. The standard InChI is InChI=1S/C30H34N2O7S/c1-6-40-12-11-39-30(34)27-18(3)31-22-13-21(19-9-10-25(37-4)26(16-19)38-5)15-24(33)29(22)28(27)20-8-7-17(2)23(14-20)32(35)36/h7-10,14,16,21,28,31H,6,11-13,15H2,1-5H3. The molecular formula is C30H34N2O7S. The number of hydrogen-bond acceptors (Lipinski definition) is 9. The zero-order chi connectivity index (χ0) is 29.0. The maximum Gasteiger partial charge on any atom is 0.336 e. The number of Topliss-reactive ketones (excluding diaryl/α,β-unsaturated/α-hetero) is 1. The highest BCUT2D eigenvalue weighted by molar-refractivity contribution is 7.99. The van der Waals surface area contributed by atoms with Crippen LogP contribution in [0.2, 0.25) is 0 Å². The number of carbonyl (C=O) groups excluding carboxylic acids is 2. The molecule has 2 aromatic carbocycles. The van der Waals surface area contributed by atoms with E-state index in [4.69, 9.17) is 14.2 Å². The molecular weight excluding hydrogens is 532 g/mol. The predicted molar refractivity (Wildman–Crippen MR) is 154 cm³/mol. The van der Waals surface area contributed by atoms with Crippen LogP contribution in [0.5, 0.6) is 11.5 Å². The SMILES string of the molecule is CCSCCOC(=O)C1=C(C)NC2=C(C(=O)CC(c3ccc(OC)c(OC)c3)C2)C1c1ccc(C)c([N+](=O)[O-])c1. The average molecular weight is 567 g/mol. The van der Waals surface area contributed by atoms with Crippen LogP contribution < -0.4 is 14.8 Å². The number of dihydropyridines is 1. The number of ketones is 1. The van der Waals surface area contributed by atoms with Gasteiger partial charge in [0.1, 0.15) is 6.61 Å². The smallest absolute Gasteiger partial charge is 0.336 e. The fourth-order valence-corrected chi connectivity index (χ4v) is 5.89. The van der Waals surface area contributed by atoms with Gasteiger partial charge >= 0.3 is 5.97 Å². The summed E-state index contributed by atoms with van der Waals surface area (Å²) in [6.45, 7) is 5.70. The van der Waals surface area contributed by atoms with Crippen molar-refractivity contribution < 1.29 is 28.7 Å². The average Bonchev–Trinajstić information content (AvgIpc) is 2.94. The minimum absolute atomic E-state index is 0.0608. The summed E-state index contributed by atoms with van der Waals surface area (Å²) in [4.78, 5) is 38.6. The number of esters is 1. The number of methoxy groups -OCH3 is 2. The Morgan fingerprint density at radius 1 is 1.07 bits per heavy atom. The largest absolute Gasteiger partial charge is 0.493 e. The Bertz CT molecular complexity index is 1400. The molecule has 0 amide bonds. The molecule has 212 valence electrons. The second-order valence-electron chi connectivity index (χ2n) is 9.77. The van der Waals surface area contributed by atoms with Crippen LogP contribution in [0.25, 0.3) is 0 Å². The highest BCUT2D eigenvalue weighted by atomic mass is 32.2. The van der Waals surface area contributed by atoms with E-state index in [1.807, 2.05) is 25.1 Å². The lowest BCUT2D eigenvalue weighted by Gasteiger charge is -2.36. The van der Waals surface area contributed by atoms with Crippen molar-refractivity contribution in [3.8, 4) is 11.5 Å². The van der Waals surface area contributed by atoms with E-state index in [-0.39, 0.29) is 30.4 Å². The summed E-state index contributed by atoms with van der Waals surface area (Å²) in [5.41, 5.74) is 3.92. The fraction of sp³-hybridized carbons (Fsp3) is 0.400. The van der Waals surface area contributed by atoms with Gasteiger partial charge in [-0.2, -0.15) is 11.8 Å². The Labute approximate surface area is 238 Å². The Kier molecular flexibility index (Phi) is 9.19. The summed E-state index contributed by atoms with van der Waals surface area (Å²) in [5, 5.41) is 15.1. The number of nitrogens with zero attached hydrogens (tertiary/aromatic N) is 1. The number of aryl methyl sites for hydroxylation is 1. The lowest BCUT2D eigenvalue weighted by atomic mass is 9.71.